The number of fused-ring (bicyclic) bond motifs is 1. The van der Waals surface area contributed by atoms with Crippen molar-refractivity contribution in [2.45, 2.75) is 44.6 Å². The molecule has 0 aliphatic heterocycles. The van der Waals surface area contributed by atoms with E-state index in [4.69, 9.17) is 0 Å². The van der Waals surface area contributed by atoms with Gasteiger partial charge in [-0.25, -0.2) is 4.79 Å². The maximum atomic E-state index is 12.8. The van der Waals surface area contributed by atoms with Gasteiger partial charge >= 0.3 is 5.97 Å². The number of thiophene rings is 1. The highest BCUT2D eigenvalue weighted by atomic mass is 79.9. The zero-order valence-corrected chi connectivity index (χ0v) is 18.3. The summed E-state index contributed by atoms with van der Waals surface area (Å²) >= 11 is 8.36. The second-order valence-electron chi connectivity index (χ2n) is 6.56. The van der Waals surface area contributed by atoms with E-state index in [1.807, 2.05) is 18.2 Å². The minimum atomic E-state index is -1.26. The number of carboxylic acids is 1. The molecule has 1 aromatic heterocycles. The Balaban J connectivity index is 1.85. The number of carbonyl (C=O) groups is 2. The Labute approximate surface area is 173 Å². The van der Waals surface area contributed by atoms with E-state index in [2.05, 4.69) is 44.1 Å². The van der Waals surface area contributed by atoms with Crippen molar-refractivity contribution in [1.29, 1.82) is 0 Å². The second-order valence-corrected chi connectivity index (χ2v) is 9.47. The lowest BCUT2D eigenvalue weighted by atomic mass is 9.78. The molecule has 0 saturated heterocycles. The van der Waals surface area contributed by atoms with E-state index in [1.54, 1.807) is 6.07 Å². The Hall–Kier alpha value is -1.18. The lowest BCUT2D eigenvalue weighted by molar-refractivity contribution is -0.145. The summed E-state index contributed by atoms with van der Waals surface area (Å²) in [6.45, 7) is 2.09. The summed E-state index contributed by atoms with van der Waals surface area (Å²) in [5, 5.41) is 12.7. The highest BCUT2D eigenvalue weighted by Crippen LogP contribution is 2.33. The Morgan fingerprint density at radius 3 is 2.73 bits per heavy atom. The van der Waals surface area contributed by atoms with Crippen LogP contribution in [0.15, 0.2) is 33.2 Å². The SMILES string of the molecule is CCCc1sc(C(=O)NC2(C(=O)O)CCc3cc(Br)ccc3C2)cc1Br. The van der Waals surface area contributed by atoms with Crippen LogP contribution >= 0.6 is 43.2 Å². The first-order chi connectivity index (χ1) is 12.3. The predicted molar refractivity (Wildman–Crippen MR) is 110 cm³/mol. The summed E-state index contributed by atoms with van der Waals surface area (Å²) in [4.78, 5) is 26.5. The number of carbonyl (C=O) groups excluding carboxylic acids is 1. The van der Waals surface area contributed by atoms with E-state index in [0.29, 0.717) is 24.1 Å². The van der Waals surface area contributed by atoms with Crippen molar-refractivity contribution in [3.8, 4) is 0 Å². The minimum absolute atomic E-state index is 0.297. The zero-order chi connectivity index (χ0) is 18.9. The maximum Gasteiger partial charge on any atom is 0.329 e. The Morgan fingerprint density at radius 2 is 2.04 bits per heavy atom. The van der Waals surface area contributed by atoms with Crippen LogP contribution in [0.25, 0.3) is 0 Å². The first-order valence-corrected chi connectivity index (χ1v) is 10.9. The highest BCUT2D eigenvalue weighted by molar-refractivity contribution is 9.10. The number of halogens is 2. The number of amides is 1. The van der Waals surface area contributed by atoms with Crippen LogP contribution in [-0.4, -0.2) is 22.5 Å². The maximum absolute atomic E-state index is 12.8. The molecular weight excluding hydrogens is 482 g/mol. The van der Waals surface area contributed by atoms with Crippen LogP contribution in [0.2, 0.25) is 0 Å². The summed E-state index contributed by atoms with van der Waals surface area (Å²) < 4.78 is 1.90. The van der Waals surface area contributed by atoms with Gasteiger partial charge in [0.25, 0.3) is 5.91 Å². The van der Waals surface area contributed by atoms with E-state index in [-0.39, 0.29) is 5.91 Å². The molecule has 7 heteroatoms. The fourth-order valence-corrected chi connectivity index (χ4v) is 5.58. The first kappa shape index (κ1) is 19.6. The largest absolute Gasteiger partial charge is 0.479 e. The van der Waals surface area contributed by atoms with Crippen LogP contribution < -0.4 is 5.32 Å². The Kier molecular flexibility index (Phi) is 5.89. The standard InChI is InChI=1S/C19H19Br2NO3S/c1-2-3-15-14(21)9-16(26-15)17(23)22-19(18(24)25)7-6-11-8-13(20)5-4-12(11)10-19/h4-5,8-9H,2-3,6-7,10H2,1H3,(H,22,23)(H,24,25). The van der Waals surface area contributed by atoms with Gasteiger partial charge in [-0.1, -0.05) is 35.3 Å². The van der Waals surface area contributed by atoms with Crippen LogP contribution in [-0.2, 0) is 24.1 Å². The molecule has 0 spiro atoms. The summed E-state index contributed by atoms with van der Waals surface area (Å²) in [5.74, 6) is -1.30. The molecule has 4 nitrogen and oxygen atoms in total. The van der Waals surface area contributed by atoms with Crippen LogP contribution in [0.1, 0.15) is 45.4 Å². The van der Waals surface area contributed by atoms with Crippen molar-refractivity contribution < 1.29 is 14.7 Å². The zero-order valence-electron chi connectivity index (χ0n) is 14.3. The van der Waals surface area contributed by atoms with Crippen molar-refractivity contribution >= 4 is 55.1 Å². The minimum Gasteiger partial charge on any atom is -0.479 e. The molecule has 138 valence electrons. The van der Waals surface area contributed by atoms with E-state index in [0.717, 1.165) is 37.8 Å². The van der Waals surface area contributed by atoms with Crippen molar-refractivity contribution in [2.24, 2.45) is 0 Å². The molecule has 0 radical (unpaired) electrons. The number of nitrogens with one attached hydrogen (secondary N) is 1. The lowest BCUT2D eigenvalue weighted by Crippen LogP contribution is -2.57. The van der Waals surface area contributed by atoms with Gasteiger partial charge in [-0.2, -0.15) is 0 Å². The van der Waals surface area contributed by atoms with E-state index in [1.165, 1.54) is 11.3 Å². The number of aliphatic carboxylic acids is 1. The van der Waals surface area contributed by atoms with Gasteiger partial charge in [0, 0.05) is 20.2 Å². The third-order valence-electron chi connectivity index (χ3n) is 4.70. The lowest BCUT2D eigenvalue weighted by Gasteiger charge is -2.35. The molecule has 1 amide bonds. The molecule has 1 heterocycles. The summed E-state index contributed by atoms with van der Waals surface area (Å²) in [6.07, 6.45) is 3.18. The molecule has 0 saturated carbocycles. The van der Waals surface area contributed by atoms with Gasteiger partial charge in [0.15, 0.2) is 0 Å². The van der Waals surface area contributed by atoms with Gasteiger partial charge in [0.1, 0.15) is 5.54 Å². The third kappa shape index (κ3) is 3.89. The van der Waals surface area contributed by atoms with Gasteiger partial charge in [0.2, 0.25) is 0 Å². The molecule has 1 atom stereocenters. The fraction of sp³-hybridized carbons (Fsp3) is 0.368. The molecule has 0 fully saturated rings. The molecule has 3 rings (SSSR count). The molecule has 26 heavy (non-hydrogen) atoms. The van der Waals surface area contributed by atoms with Crippen molar-refractivity contribution in [3.05, 3.63) is 54.1 Å². The monoisotopic (exact) mass is 499 g/mol. The quantitative estimate of drug-likeness (QED) is 0.609. The van der Waals surface area contributed by atoms with E-state index < -0.39 is 11.5 Å². The number of rotatable bonds is 5. The van der Waals surface area contributed by atoms with Gasteiger partial charge < -0.3 is 10.4 Å². The second kappa shape index (κ2) is 7.82. The molecule has 1 unspecified atom stereocenters. The molecule has 2 aromatic rings. The van der Waals surface area contributed by atoms with Crippen LogP contribution in [0.5, 0.6) is 0 Å². The average molecular weight is 501 g/mol. The summed E-state index contributed by atoms with van der Waals surface area (Å²) in [6, 6.07) is 7.65. The number of aryl methyl sites for hydroxylation is 2. The molecular formula is C19H19Br2NO3S. The van der Waals surface area contributed by atoms with Gasteiger partial charge in [-0.3, -0.25) is 4.79 Å². The molecule has 1 aliphatic carbocycles. The number of carboxylic acid groups (broad SMARTS) is 1. The van der Waals surface area contributed by atoms with Crippen molar-refractivity contribution in [1.82, 2.24) is 5.32 Å². The predicted octanol–water partition coefficient (Wildman–Crippen LogP) is 4.97. The van der Waals surface area contributed by atoms with E-state index >= 15 is 0 Å². The normalized spacial score (nSPS) is 19.0. The van der Waals surface area contributed by atoms with Gasteiger partial charge in [0.05, 0.1) is 4.88 Å². The molecule has 1 aliphatic rings. The smallest absolute Gasteiger partial charge is 0.329 e. The fourth-order valence-electron chi connectivity index (χ4n) is 3.30. The first-order valence-electron chi connectivity index (χ1n) is 8.46. The average Bonchev–Trinajstić information content (AvgIpc) is 2.96. The number of hydrogen-bond acceptors (Lipinski definition) is 3. The summed E-state index contributed by atoms with van der Waals surface area (Å²) in [5.41, 5.74) is 0.843. The molecule has 2 N–H and O–H groups in total. The van der Waals surface area contributed by atoms with Crippen LogP contribution in [0.4, 0.5) is 0 Å². The van der Waals surface area contributed by atoms with E-state index in [9.17, 15) is 14.7 Å². The molecule has 1 aromatic carbocycles. The molecule has 0 bridgehead atoms. The van der Waals surface area contributed by atoms with Gasteiger partial charge in [-0.05, 0) is 64.5 Å². The number of hydrogen-bond donors (Lipinski definition) is 2. The number of benzene rings is 1. The van der Waals surface area contributed by atoms with Crippen LogP contribution in [0, 0.1) is 0 Å². The van der Waals surface area contributed by atoms with Gasteiger partial charge in [-0.15, -0.1) is 11.3 Å². The Morgan fingerprint density at radius 1 is 1.27 bits per heavy atom. The Bertz CT molecular complexity index is 864. The third-order valence-corrected chi connectivity index (χ3v) is 7.36. The topological polar surface area (TPSA) is 66.4 Å². The van der Waals surface area contributed by atoms with Crippen molar-refractivity contribution in [3.63, 3.8) is 0 Å². The van der Waals surface area contributed by atoms with Crippen molar-refractivity contribution in [2.75, 3.05) is 0 Å². The van der Waals surface area contributed by atoms with Crippen LogP contribution in [0.3, 0.4) is 0 Å². The highest BCUT2D eigenvalue weighted by Gasteiger charge is 2.43. The summed E-state index contributed by atoms with van der Waals surface area (Å²) in [7, 11) is 0.